The maximum atomic E-state index is 12.8. The zero-order valence-electron chi connectivity index (χ0n) is 16.7. The Morgan fingerprint density at radius 1 is 1.00 bits per heavy atom. The van der Waals surface area contributed by atoms with Crippen LogP contribution in [0.2, 0.25) is 0 Å². The van der Waals surface area contributed by atoms with Crippen LogP contribution in [0.4, 0.5) is 0 Å². The largest absolute Gasteiger partial charge is 0.493 e. The molecule has 5 heteroatoms. The molecule has 0 fully saturated rings. The Morgan fingerprint density at radius 2 is 1.74 bits per heavy atom. The Balaban J connectivity index is 2.12. The number of methoxy groups -OCH3 is 2. The van der Waals surface area contributed by atoms with Crippen molar-refractivity contribution in [1.29, 1.82) is 0 Å². The topological polar surface area (TPSA) is 56.8 Å². The van der Waals surface area contributed by atoms with E-state index in [0.29, 0.717) is 23.7 Å². The van der Waals surface area contributed by atoms with E-state index in [2.05, 4.69) is 5.32 Å². The highest BCUT2D eigenvalue weighted by Gasteiger charge is 2.22. The molecule has 0 saturated heterocycles. The standard InChI is InChI=1S/C22H29NO4/c1-6-18(16-11-12-20(25-4)21(14-16)26-5)23-22(24)19(7-2)27-17-10-8-9-15(3)13-17/h8-14,18-19H,6-7H2,1-5H3,(H,23,24)/t18-,19+/m0/s1. The van der Waals surface area contributed by atoms with Crippen molar-refractivity contribution in [2.75, 3.05) is 14.2 Å². The van der Waals surface area contributed by atoms with Crippen LogP contribution < -0.4 is 19.5 Å². The fraction of sp³-hybridized carbons (Fsp3) is 0.409. The Kier molecular flexibility index (Phi) is 7.53. The Hall–Kier alpha value is -2.69. The molecule has 0 saturated carbocycles. The molecule has 0 aromatic heterocycles. The highest BCUT2D eigenvalue weighted by Crippen LogP contribution is 2.31. The van der Waals surface area contributed by atoms with Crippen LogP contribution in [0.15, 0.2) is 42.5 Å². The van der Waals surface area contributed by atoms with Crippen molar-refractivity contribution in [3.63, 3.8) is 0 Å². The molecular formula is C22H29NO4. The van der Waals surface area contributed by atoms with E-state index >= 15 is 0 Å². The quantitative estimate of drug-likeness (QED) is 0.708. The lowest BCUT2D eigenvalue weighted by Crippen LogP contribution is -2.39. The van der Waals surface area contributed by atoms with Crippen molar-refractivity contribution in [2.45, 2.75) is 45.8 Å². The molecule has 0 spiro atoms. The zero-order chi connectivity index (χ0) is 19.8. The molecule has 2 rings (SSSR count). The molecular weight excluding hydrogens is 342 g/mol. The minimum atomic E-state index is -0.541. The van der Waals surface area contributed by atoms with Crippen molar-refractivity contribution < 1.29 is 19.0 Å². The maximum absolute atomic E-state index is 12.8. The van der Waals surface area contributed by atoms with Crippen LogP contribution in [0.25, 0.3) is 0 Å². The molecule has 0 aliphatic heterocycles. The molecule has 27 heavy (non-hydrogen) atoms. The first-order chi connectivity index (χ1) is 13.0. The third kappa shape index (κ3) is 5.39. The van der Waals surface area contributed by atoms with Crippen LogP contribution in [0.3, 0.4) is 0 Å². The molecule has 0 aliphatic rings. The number of benzene rings is 2. The van der Waals surface area contributed by atoms with Gasteiger partial charge in [0.1, 0.15) is 5.75 Å². The number of aryl methyl sites for hydroxylation is 1. The predicted molar refractivity (Wildman–Crippen MR) is 107 cm³/mol. The second-order valence-electron chi connectivity index (χ2n) is 6.42. The molecule has 2 aromatic rings. The van der Waals surface area contributed by atoms with Crippen molar-refractivity contribution in [3.05, 3.63) is 53.6 Å². The van der Waals surface area contributed by atoms with Gasteiger partial charge in [-0.2, -0.15) is 0 Å². The number of amides is 1. The van der Waals surface area contributed by atoms with E-state index in [1.54, 1.807) is 14.2 Å². The molecule has 2 aromatic carbocycles. The van der Waals surface area contributed by atoms with E-state index in [9.17, 15) is 4.79 Å². The predicted octanol–water partition coefficient (Wildman–Crippen LogP) is 4.44. The number of nitrogens with one attached hydrogen (secondary N) is 1. The van der Waals surface area contributed by atoms with Crippen LogP contribution in [-0.2, 0) is 4.79 Å². The van der Waals surface area contributed by atoms with E-state index in [-0.39, 0.29) is 11.9 Å². The molecule has 2 atom stereocenters. The average Bonchev–Trinajstić information content (AvgIpc) is 2.69. The third-order valence-electron chi connectivity index (χ3n) is 4.47. The maximum Gasteiger partial charge on any atom is 0.261 e. The van der Waals surface area contributed by atoms with Gasteiger partial charge in [-0.3, -0.25) is 4.79 Å². The number of ether oxygens (including phenoxy) is 3. The van der Waals surface area contributed by atoms with Crippen molar-refractivity contribution >= 4 is 5.91 Å². The molecule has 5 nitrogen and oxygen atoms in total. The fourth-order valence-corrected chi connectivity index (χ4v) is 2.93. The first-order valence-corrected chi connectivity index (χ1v) is 9.27. The van der Waals surface area contributed by atoms with Crippen LogP contribution >= 0.6 is 0 Å². The van der Waals surface area contributed by atoms with Gasteiger partial charge in [0.2, 0.25) is 0 Å². The van der Waals surface area contributed by atoms with E-state index in [1.807, 2.05) is 63.2 Å². The molecule has 0 aliphatic carbocycles. The number of rotatable bonds is 9. The average molecular weight is 371 g/mol. The number of hydrogen-bond acceptors (Lipinski definition) is 4. The van der Waals surface area contributed by atoms with Crippen LogP contribution in [0.5, 0.6) is 17.2 Å². The fourth-order valence-electron chi connectivity index (χ4n) is 2.93. The number of hydrogen-bond donors (Lipinski definition) is 1. The molecule has 0 bridgehead atoms. The summed E-state index contributed by atoms with van der Waals surface area (Å²) in [5.74, 6) is 1.89. The van der Waals surface area contributed by atoms with Gasteiger partial charge in [0, 0.05) is 0 Å². The summed E-state index contributed by atoms with van der Waals surface area (Å²) in [6.45, 7) is 5.97. The van der Waals surface area contributed by atoms with E-state index in [4.69, 9.17) is 14.2 Å². The van der Waals surface area contributed by atoms with Gasteiger partial charge < -0.3 is 19.5 Å². The highest BCUT2D eigenvalue weighted by molar-refractivity contribution is 5.81. The summed E-state index contributed by atoms with van der Waals surface area (Å²) in [5, 5.41) is 3.10. The Labute approximate surface area is 161 Å². The normalized spacial score (nSPS) is 12.8. The van der Waals surface area contributed by atoms with Crippen molar-refractivity contribution in [2.24, 2.45) is 0 Å². The summed E-state index contributed by atoms with van der Waals surface area (Å²) < 4.78 is 16.6. The zero-order valence-corrected chi connectivity index (χ0v) is 16.7. The van der Waals surface area contributed by atoms with Crippen LogP contribution in [-0.4, -0.2) is 26.2 Å². The summed E-state index contributed by atoms with van der Waals surface area (Å²) in [6, 6.07) is 13.3. The third-order valence-corrected chi connectivity index (χ3v) is 4.47. The van der Waals surface area contributed by atoms with Crippen molar-refractivity contribution in [1.82, 2.24) is 5.32 Å². The van der Waals surface area contributed by atoms with Crippen LogP contribution in [0.1, 0.15) is 43.9 Å². The molecule has 0 unspecified atom stereocenters. The molecule has 0 radical (unpaired) electrons. The molecule has 146 valence electrons. The van der Waals surface area contributed by atoms with Gasteiger partial charge in [-0.05, 0) is 55.2 Å². The van der Waals surface area contributed by atoms with Gasteiger partial charge in [-0.25, -0.2) is 0 Å². The van der Waals surface area contributed by atoms with Crippen LogP contribution in [0, 0.1) is 6.92 Å². The van der Waals surface area contributed by atoms with Gasteiger partial charge in [0.05, 0.1) is 20.3 Å². The lowest BCUT2D eigenvalue weighted by Gasteiger charge is -2.23. The minimum absolute atomic E-state index is 0.124. The lowest BCUT2D eigenvalue weighted by atomic mass is 10.0. The smallest absolute Gasteiger partial charge is 0.261 e. The second kappa shape index (κ2) is 9.86. The molecule has 1 amide bonds. The summed E-state index contributed by atoms with van der Waals surface area (Å²) >= 11 is 0. The summed E-state index contributed by atoms with van der Waals surface area (Å²) in [5.41, 5.74) is 2.06. The SMILES string of the molecule is CC[C@H](NC(=O)[C@@H](CC)Oc1cccc(C)c1)c1ccc(OC)c(OC)c1. The van der Waals surface area contributed by atoms with Gasteiger partial charge in [-0.15, -0.1) is 0 Å². The minimum Gasteiger partial charge on any atom is -0.493 e. The number of carbonyl (C=O) groups excluding carboxylic acids is 1. The van der Waals surface area contributed by atoms with Gasteiger partial charge in [0.25, 0.3) is 5.91 Å². The first kappa shape index (κ1) is 20.6. The summed E-state index contributed by atoms with van der Waals surface area (Å²) in [7, 11) is 3.20. The highest BCUT2D eigenvalue weighted by atomic mass is 16.5. The lowest BCUT2D eigenvalue weighted by molar-refractivity contribution is -0.128. The van der Waals surface area contributed by atoms with Gasteiger partial charge >= 0.3 is 0 Å². The van der Waals surface area contributed by atoms with Gasteiger partial charge in [0.15, 0.2) is 17.6 Å². The summed E-state index contributed by atoms with van der Waals surface area (Å²) in [4.78, 5) is 12.8. The summed E-state index contributed by atoms with van der Waals surface area (Å²) in [6.07, 6.45) is 0.797. The first-order valence-electron chi connectivity index (χ1n) is 9.27. The van der Waals surface area contributed by atoms with E-state index < -0.39 is 6.10 Å². The van der Waals surface area contributed by atoms with Crippen molar-refractivity contribution in [3.8, 4) is 17.2 Å². The Morgan fingerprint density at radius 3 is 2.33 bits per heavy atom. The molecule has 0 heterocycles. The van der Waals surface area contributed by atoms with E-state index in [0.717, 1.165) is 17.5 Å². The van der Waals surface area contributed by atoms with Gasteiger partial charge in [-0.1, -0.05) is 32.0 Å². The Bertz CT molecular complexity index is 760. The monoisotopic (exact) mass is 371 g/mol. The second-order valence-corrected chi connectivity index (χ2v) is 6.42. The number of carbonyl (C=O) groups is 1. The molecule has 1 N–H and O–H groups in total. The van der Waals surface area contributed by atoms with E-state index in [1.165, 1.54) is 0 Å².